The predicted molar refractivity (Wildman–Crippen MR) is 144 cm³/mol. The summed E-state index contributed by atoms with van der Waals surface area (Å²) in [5, 5.41) is 93.0. The minimum atomic E-state index is -1.49. The Labute approximate surface area is 250 Å². The van der Waals surface area contributed by atoms with E-state index in [0.29, 0.717) is 0 Å². The SMILES string of the molecule is CO[C@H]1OC(CO)[C@@H](COC[C@H]2OC(CO)[C@@H](COC[C@H]3OC(CC(C)(C)OC)[C@@H](O)[C@H](O)C3O)[C@H](O)C2O)[C@H](O)C1O. The van der Waals surface area contributed by atoms with E-state index in [-0.39, 0.29) is 32.8 Å². The molecule has 0 aromatic heterocycles. The van der Waals surface area contributed by atoms with Crippen molar-refractivity contribution in [1.29, 1.82) is 0 Å². The second kappa shape index (κ2) is 16.3. The van der Waals surface area contributed by atoms with Gasteiger partial charge in [0.05, 0.1) is 75.8 Å². The Morgan fingerprint density at radius 3 is 1.47 bits per heavy atom. The Morgan fingerprint density at radius 1 is 0.535 bits per heavy atom. The molecule has 0 saturated carbocycles. The lowest BCUT2D eigenvalue weighted by Gasteiger charge is -2.44. The van der Waals surface area contributed by atoms with Crippen molar-refractivity contribution in [3.8, 4) is 0 Å². The molecule has 0 radical (unpaired) electrons. The summed E-state index contributed by atoms with van der Waals surface area (Å²) in [6.07, 6.45) is -15.6. The van der Waals surface area contributed by atoms with Crippen LogP contribution in [0, 0.1) is 11.8 Å². The molecule has 9 N–H and O–H groups in total. The van der Waals surface area contributed by atoms with Crippen molar-refractivity contribution in [2.24, 2.45) is 11.8 Å². The summed E-state index contributed by atoms with van der Waals surface area (Å²) in [5.74, 6) is -1.71. The van der Waals surface area contributed by atoms with Gasteiger partial charge in [-0.25, -0.2) is 0 Å². The maximum atomic E-state index is 10.8. The van der Waals surface area contributed by atoms with Crippen molar-refractivity contribution < 1.29 is 79.1 Å². The number of ether oxygens (including phenoxy) is 7. The molecule has 0 bridgehead atoms. The molecule has 254 valence electrons. The van der Waals surface area contributed by atoms with Gasteiger partial charge in [0.1, 0.15) is 42.7 Å². The third kappa shape index (κ3) is 8.79. The zero-order valence-corrected chi connectivity index (χ0v) is 25.0. The summed E-state index contributed by atoms with van der Waals surface area (Å²) in [6, 6.07) is 0. The monoisotopic (exact) mass is 630 g/mol. The highest BCUT2D eigenvalue weighted by Crippen LogP contribution is 2.31. The molecular formula is C27H50O16. The topological polar surface area (TPSA) is 247 Å². The third-order valence-corrected chi connectivity index (χ3v) is 8.68. The van der Waals surface area contributed by atoms with E-state index in [2.05, 4.69) is 0 Å². The molecule has 3 aliphatic rings. The first kappa shape index (κ1) is 36.8. The van der Waals surface area contributed by atoms with E-state index in [4.69, 9.17) is 33.2 Å². The lowest BCUT2D eigenvalue weighted by molar-refractivity contribution is -0.289. The van der Waals surface area contributed by atoms with Crippen LogP contribution in [0.3, 0.4) is 0 Å². The van der Waals surface area contributed by atoms with Crippen molar-refractivity contribution in [1.82, 2.24) is 0 Å². The predicted octanol–water partition coefficient (Wildman–Crippen LogP) is -4.52. The minimum absolute atomic E-state index is 0.189. The van der Waals surface area contributed by atoms with Crippen LogP contribution in [-0.2, 0) is 33.2 Å². The van der Waals surface area contributed by atoms with Crippen LogP contribution >= 0.6 is 0 Å². The fourth-order valence-electron chi connectivity index (χ4n) is 5.73. The van der Waals surface area contributed by atoms with Crippen molar-refractivity contribution >= 4 is 0 Å². The Morgan fingerprint density at radius 2 is 0.977 bits per heavy atom. The molecule has 43 heavy (non-hydrogen) atoms. The molecule has 16 nitrogen and oxygen atoms in total. The second-order valence-electron chi connectivity index (χ2n) is 12.1. The van der Waals surface area contributed by atoms with Crippen LogP contribution in [0.4, 0.5) is 0 Å². The van der Waals surface area contributed by atoms with Crippen molar-refractivity contribution in [3.63, 3.8) is 0 Å². The Kier molecular flexibility index (Phi) is 13.9. The van der Waals surface area contributed by atoms with E-state index >= 15 is 0 Å². The number of aliphatic hydroxyl groups excluding tert-OH is 9. The van der Waals surface area contributed by atoms with Gasteiger partial charge in [0.2, 0.25) is 0 Å². The summed E-state index contributed by atoms with van der Waals surface area (Å²) in [7, 11) is 2.80. The fourth-order valence-corrected chi connectivity index (χ4v) is 5.73. The van der Waals surface area contributed by atoms with Gasteiger partial charge in [-0.2, -0.15) is 0 Å². The maximum Gasteiger partial charge on any atom is 0.186 e. The molecule has 3 saturated heterocycles. The summed E-state index contributed by atoms with van der Waals surface area (Å²) < 4.78 is 38.7. The molecule has 3 heterocycles. The van der Waals surface area contributed by atoms with Gasteiger partial charge < -0.3 is 79.1 Å². The van der Waals surface area contributed by atoms with Gasteiger partial charge in [0.25, 0.3) is 0 Å². The van der Waals surface area contributed by atoms with E-state index in [1.165, 1.54) is 14.2 Å². The highest BCUT2D eigenvalue weighted by Gasteiger charge is 2.48. The normalized spacial score (nSPS) is 44.4. The molecule has 16 heteroatoms. The molecule has 15 atom stereocenters. The van der Waals surface area contributed by atoms with Gasteiger partial charge in [0, 0.05) is 32.5 Å². The summed E-state index contributed by atoms with van der Waals surface area (Å²) >= 11 is 0. The fraction of sp³-hybridized carbons (Fsp3) is 1.00. The molecule has 0 spiro atoms. The van der Waals surface area contributed by atoms with Gasteiger partial charge >= 0.3 is 0 Å². The second-order valence-corrected chi connectivity index (χ2v) is 12.1. The third-order valence-electron chi connectivity index (χ3n) is 8.68. The number of aliphatic hydroxyl groups is 9. The van der Waals surface area contributed by atoms with E-state index < -0.39 is 110 Å². The molecule has 3 aliphatic heterocycles. The van der Waals surface area contributed by atoms with Crippen molar-refractivity contribution in [3.05, 3.63) is 0 Å². The molecule has 0 aromatic rings. The van der Waals surface area contributed by atoms with Crippen LogP contribution < -0.4 is 0 Å². The van der Waals surface area contributed by atoms with Gasteiger partial charge in [-0.05, 0) is 13.8 Å². The first-order valence-electron chi connectivity index (χ1n) is 14.5. The van der Waals surface area contributed by atoms with Crippen LogP contribution in [0.5, 0.6) is 0 Å². The molecule has 3 fully saturated rings. The van der Waals surface area contributed by atoms with Gasteiger partial charge in [-0.3, -0.25) is 0 Å². The average molecular weight is 631 g/mol. The summed E-state index contributed by atoms with van der Waals surface area (Å²) in [5.41, 5.74) is -0.674. The van der Waals surface area contributed by atoms with Crippen LogP contribution in [0.2, 0.25) is 0 Å². The van der Waals surface area contributed by atoms with Crippen molar-refractivity contribution in [2.75, 3.05) is 53.9 Å². The Balaban J connectivity index is 1.52. The summed E-state index contributed by atoms with van der Waals surface area (Å²) in [6.45, 7) is 1.70. The van der Waals surface area contributed by atoms with E-state index in [0.717, 1.165) is 0 Å². The first-order valence-corrected chi connectivity index (χ1v) is 14.5. The van der Waals surface area contributed by atoms with Crippen molar-refractivity contribution in [2.45, 2.75) is 105 Å². The standard InChI is InChI=1S/C27H50O16/c1-27(2,38-4)5-14-21(32)24(35)23(34)18(41-14)11-39-8-12-15(6-28)42-17(22(33)19(12)30)10-40-9-13-16(7-29)43-26(37-3)25(36)20(13)31/h12-26,28-36H,5-11H2,1-4H3/t12-,13-,14?,15?,16?,17-,18-,19+,20+,21-,22?,23?,24+,25?,26+/m1/s1. The molecule has 3 rings (SSSR count). The van der Waals surface area contributed by atoms with E-state index in [9.17, 15) is 46.0 Å². The molecule has 0 aliphatic carbocycles. The van der Waals surface area contributed by atoms with Crippen LogP contribution in [0.15, 0.2) is 0 Å². The highest BCUT2D eigenvalue weighted by molar-refractivity contribution is 4.96. The van der Waals surface area contributed by atoms with Crippen LogP contribution in [0.1, 0.15) is 20.3 Å². The average Bonchev–Trinajstić information content (AvgIpc) is 2.99. The Bertz CT molecular complexity index is 816. The van der Waals surface area contributed by atoms with Gasteiger partial charge in [-0.15, -0.1) is 0 Å². The highest BCUT2D eigenvalue weighted by atomic mass is 16.7. The van der Waals surface area contributed by atoms with Crippen LogP contribution in [-0.4, -0.2) is 185 Å². The lowest BCUT2D eigenvalue weighted by Crippen LogP contribution is -2.60. The number of hydrogen-bond donors (Lipinski definition) is 9. The van der Waals surface area contributed by atoms with Gasteiger partial charge in [0.15, 0.2) is 6.29 Å². The minimum Gasteiger partial charge on any atom is -0.394 e. The Hall–Kier alpha value is -0.640. The number of hydrogen-bond acceptors (Lipinski definition) is 16. The van der Waals surface area contributed by atoms with Gasteiger partial charge in [-0.1, -0.05) is 0 Å². The largest absolute Gasteiger partial charge is 0.394 e. The lowest BCUT2D eigenvalue weighted by atomic mass is 9.87. The van der Waals surface area contributed by atoms with Crippen LogP contribution in [0.25, 0.3) is 0 Å². The summed E-state index contributed by atoms with van der Waals surface area (Å²) in [4.78, 5) is 0. The maximum absolute atomic E-state index is 10.8. The molecule has 0 amide bonds. The smallest absolute Gasteiger partial charge is 0.186 e. The number of rotatable bonds is 14. The van der Waals surface area contributed by atoms with E-state index in [1.807, 2.05) is 0 Å². The number of methoxy groups -OCH3 is 2. The molecule has 0 aromatic carbocycles. The zero-order valence-electron chi connectivity index (χ0n) is 25.0. The molecular weight excluding hydrogens is 580 g/mol. The quantitative estimate of drug-likeness (QED) is 0.0877. The van der Waals surface area contributed by atoms with E-state index in [1.54, 1.807) is 13.8 Å². The molecule has 6 unspecified atom stereocenters. The first-order chi connectivity index (χ1) is 20.3. The zero-order chi connectivity index (χ0) is 32.1.